The summed E-state index contributed by atoms with van der Waals surface area (Å²) >= 11 is 0. The van der Waals surface area contributed by atoms with Crippen LogP contribution in [0.3, 0.4) is 0 Å². The Morgan fingerprint density at radius 2 is 1.48 bits per heavy atom. The number of imide groups is 1. The second kappa shape index (κ2) is 8.07. The summed E-state index contributed by atoms with van der Waals surface area (Å²) in [5, 5.41) is 5.66. The van der Waals surface area contributed by atoms with Crippen LogP contribution in [0.25, 0.3) is 0 Å². The predicted octanol–water partition coefficient (Wildman–Crippen LogP) is 3.82. The van der Waals surface area contributed by atoms with Gasteiger partial charge in [0.1, 0.15) is 6.04 Å². The van der Waals surface area contributed by atoms with Crippen LogP contribution in [-0.2, 0) is 15.1 Å². The first-order valence-corrected chi connectivity index (χ1v) is 10.1. The van der Waals surface area contributed by atoms with Crippen LogP contribution in [0.1, 0.15) is 23.6 Å². The normalized spacial score (nSPS) is 16.0. The van der Waals surface area contributed by atoms with Gasteiger partial charge in [0, 0.05) is 5.69 Å². The van der Waals surface area contributed by atoms with E-state index in [4.69, 9.17) is 0 Å². The Morgan fingerprint density at radius 1 is 0.903 bits per heavy atom. The number of hydrogen-bond donors (Lipinski definition) is 2. The zero-order valence-electron chi connectivity index (χ0n) is 17.3. The highest BCUT2D eigenvalue weighted by atomic mass is 16.2. The number of nitrogens with zero attached hydrogens (tertiary/aromatic N) is 1. The topological polar surface area (TPSA) is 78.5 Å². The maximum Gasteiger partial charge on any atom is 0.326 e. The van der Waals surface area contributed by atoms with Crippen molar-refractivity contribution in [2.24, 2.45) is 0 Å². The lowest BCUT2D eigenvalue weighted by Gasteiger charge is -2.29. The van der Waals surface area contributed by atoms with Crippen molar-refractivity contribution < 1.29 is 14.4 Å². The third-order valence-electron chi connectivity index (χ3n) is 5.52. The minimum absolute atomic E-state index is 0.439. The van der Waals surface area contributed by atoms with Crippen molar-refractivity contribution in [3.8, 4) is 0 Å². The number of amides is 4. The van der Waals surface area contributed by atoms with E-state index in [2.05, 4.69) is 10.6 Å². The standard InChI is InChI=1S/C25H23N3O3/c1-17-10-9-15-21(16-17)26-22(29)18(2)28-23(30)25(27-24(28)31,19-11-5-3-6-12-19)20-13-7-4-8-14-20/h3-16,18H,1-2H3,(H,26,29)(H,27,31)/t18-/m1/s1. The highest BCUT2D eigenvalue weighted by Gasteiger charge is 2.55. The van der Waals surface area contributed by atoms with E-state index in [1.807, 2.05) is 61.5 Å². The molecule has 0 bridgehead atoms. The van der Waals surface area contributed by atoms with Gasteiger partial charge < -0.3 is 10.6 Å². The number of carbonyl (C=O) groups is 3. The summed E-state index contributed by atoms with van der Waals surface area (Å²) in [6.07, 6.45) is 0. The lowest BCUT2D eigenvalue weighted by molar-refractivity contribution is -0.135. The van der Waals surface area contributed by atoms with Gasteiger partial charge in [-0.2, -0.15) is 0 Å². The maximum atomic E-state index is 13.8. The molecule has 0 saturated carbocycles. The molecule has 0 radical (unpaired) electrons. The van der Waals surface area contributed by atoms with Crippen molar-refractivity contribution >= 4 is 23.5 Å². The largest absolute Gasteiger partial charge is 0.326 e. The molecule has 4 rings (SSSR count). The summed E-state index contributed by atoms with van der Waals surface area (Å²) in [5.74, 6) is -0.923. The molecular formula is C25H23N3O3. The number of nitrogens with one attached hydrogen (secondary N) is 2. The van der Waals surface area contributed by atoms with Crippen molar-refractivity contribution in [2.75, 3.05) is 5.32 Å². The summed E-state index contributed by atoms with van der Waals surface area (Å²) < 4.78 is 0. The summed E-state index contributed by atoms with van der Waals surface area (Å²) in [7, 11) is 0. The molecule has 31 heavy (non-hydrogen) atoms. The molecule has 0 unspecified atom stereocenters. The first-order valence-electron chi connectivity index (χ1n) is 10.1. The molecule has 0 aromatic heterocycles. The average Bonchev–Trinajstić information content (AvgIpc) is 3.05. The van der Waals surface area contributed by atoms with Gasteiger partial charge in [-0.05, 0) is 42.7 Å². The lowest BCUT2D eigenvalue weighted by Crippen LogP contribution is -2.48. The molecule has 156 valence electrons. The van der Waals surface area contributed by atoms with Crippen LogP contribution in [0.15, 0.2) is 84.9 Å². The summed E-state index contributed by atoms with van der Waals surface area (Å²) in [6.45, 7) is 3.47. The second-order valence-corrected chi connectivity index (χ2v) is 7.62. The van der Waals surface area contributed by atoms with Gasteiger partial charge in [0.05, 0.1) is 0 Å². The molecule has 3 aromatic rings. The van der Waals surface area contributed by atoms with Gasteiger partial charge in [0.2, 0.25) is 5.91 Å². The molecule has 0 aliphatic carbocycles. The Kier molecular flexibility index (Phi) is 5.29. The molecule has 1 aliphatic rings. The van der Waals surface area contributed by atoms with Crippen molar-refractivity contribution in [2.45, 2.75) is 25.4 Å². The molecular weight excluding hydrogens is 390 g/mol. The minimum atomic E-state index is -1.39. The quantitative estimate of drug-likeness (QED) is 0.624. The zero-order valence-corrected chi connectivity index (χ0v) is 17.3. The number of hydrogen-bond acceptors (Lipinski definition) is 3. The summed E-state index contributed by atoms with van der Waals surface area (Å²) in [6, 6.07) is 23.9. The smallest absolute Gasteiger partial charge is 0.324 e. The zero-order chi connectivity index (χ0) is 22.0. The van der Waals surface area contributed by atoms with E-state index in [1.165, 1.54) is 0 Å². The molecule has 1 fully saturated rings. The van der Waals surface area contributed by atoms with Gasteiger partial charge in [-0.15, -0.1) is 0 Å². The number of carbonyl (C=O) groups excluding carboxylic acids is 3. The fraction of sp³-hybridized carbons (Fsp3) is 0.160. The van der Waals surface area contributed by atoms with Crippen LogP contribution in [0.4, 0.5) is 10.5 Å². The van der Waals surface area contributed by atoms with Crippen molar-refractivity contribution in [3.63, 3.8) is 0 Å². The van der Waals surface area contributed by atoms with E-state index in [-0.39, 0.29) is 0 Å². The monoisotopic (exact) mass is 413 g/mol. The minimum Gasteiger partial charge on any atom is -0.324 e. The van der Waals surface area contributed by atoms with Gasteiger partial charge in [-0.3, -0.25) is 9.59 Å². The molecule has 1 saturated heterocycles. The van der Waals surface area contributed by atoms with Crippen LogP contribution in [0.2, 0.25) is 0 Å². The van der Waals surface area contributed by atoms with E-state index >= 15 is 0 Å². The maximum absolute atomic E-state index is 13.8. The third-order valence-corrected chi connectivity index (χ3v) is 5.52. The lowest BCUT2D eigenvalue weighted by atomic mass is 9.82. The van der Waals surface area contributed by atoms with Crippen molar-refractivity contribution in [1.29, 1.82) is 0 Å². The Morgan fingerprint density at radius 3 is 2.03 bits per heavy atom. The molecule has 1 aliphatic heterocycles. The van der Waals surface area contributed by atoms with Gasteiger partial charge in [0.15, 0.2) is 5.54 Å². The van der Waals surface area contributed by atoms with E-state index in [9.17, 15) is 14.4 Å². The number of aryl methyl sites for hydroxylation is 1. The Labute approximate surface area is 180 Å². The first-order chi connectivity index (χ1) is 14.9. The molecule has 3 aromatic carbocycles. The predicted molar refractivity (Wildman–Crippen MR) is 118 cm³/mol. The van der Waals surface area contributed by atoms with Crippen molar-refractivity contribution in [1.82, 2.24) is 10.2 Å². The molecule has 6 nitrogen and oxygen atoms in total. The highest BCUT2D eigenvalue weighted by molar-refractivity contribution is 6.13. The molecule has 2 N–H and O–H groups in total. The number of rotatable bonds is 5. The number of urea groups is 1. The highest BCUT2D eigenvalue weighted by Crippen LogP contribution is 2.36. The fourth-order valence-corrected chi connectivity index (χ4v) is 3.92. The molecule has 6 heteroatoms. The van der Waals surface area contributed by atoms with Gasteiger partial charge >= 0.3 is 6.03 Å². The third kappa shape index (κ3) is 3.57. The number of benzene rings is 3. The van der Waals surface area contributed by atoms with Gasteiger partial charge in [-0.1, -0.05) is 72.8 Å². The van der Waals surface area contributed by atoms with E-state index < -0.39 is 29.4 Å². The molecule has 1 atom stereocenters. The first kappa shape index (κ1) is 20.3. The summed E-state index contributed by atoms with van der Waals surface area (Å²) in [5.41, 5.74) is 1.48. The van der Waals surface area contributed by atoms with Crippen LogP contribution in [-0.4, -0.2) is 28.8 Å². The van der Waals surface area contributed by atoms with Crippen LogP contribution in [0, 0.1) is 6.92 Å². The van der Waals surface area contributed by atoms with Crippen molar-refractivity contribution in [3.05, 3.63) is 102 Å². The number of anilines is 1. The van der Waals surface area contributed by atoms with E-state index in [0.29, 0.717) is 16.8 Å². The molecule has 4 amide bonds. The summed E-state index contributed by atoms with van der Waals surface area (Å²) in [4.78, 5) is 40.7. The SMILES string of the molecule is Cc1cccc(NC(=O)[C@@H](C)N2C(=O)NC(c3ccccc3)(c3ccccc3)C2=O)c1. The molecule has 1 heterocycles. The Balaban J connectivity index is 1.70. The molecule has 0 spiro atoms. The van der Waals surface area contributed by atoms with Crippen LogP contribution in [0.5, 0.6) is 0 Å². The van der Waals surface area contributed by atoms with Gasteiger partial charge in [-0.25, -0.2) is 9.69 Å². The Hall–Kier alpha value is -3.93. The van der Waals surface area contributed by atoms with E-state index in [0.717, 1.165) is 10.5 Å². The van der Waals surface area contributed by atoms with Crippen LogP contribution >= 0.6 is 0 Å². The van der Waals surface area contributed by atoms with Crippen LogP contribution < -0.4 is 10.6 Å². The van der Waals surface area contributed by atoms with Gasteiger partial charge in [0.25, 0.3) is 5.91 Å². The fourth-order valence-electron chi connectivity index (χ4n) is 3.92. The second-order valence-electron chi connectivity index (χ2n) is 7.62. The average molecular weight is 413 g/mol. The van der Waals surface area contributed by atoms with E-state index in [1.54, 1.807) is 37.3 Å². The Bertz CT molecular complexity index is 1090.